The Kier molecular flexibility index (Phi) is 6.76. The van der Waals surface area contributed by atoms with Crippen molar-refractivity contribution < 1.29 is 4.42 Å². The zero-order valence-electron chi connectivity index (χ0n) is 28.7. The molecule has 0 spiro atoms. The molecule has 0 saturated heterocycles. The Labute approximate surface area is 310 Å². The van der Waals surface area contributed by atoms with Crippen molar-refractivity contribution in [3.05, 3.63) is 188 Å². The van der Waals surface area contributed by atoms with E-state index < -0.39 is 0 Å². The SMILES string of the molecule is c1ccc(N(c2ccccc2)c2ccc(-c3c4ccccc4c(-c4ccc5sc6ccc7c8ccccc8oc7c6c5c4)c4ccccc34)cc2)cc1. The fraction of sp³-hybridized carbons (Fsp3) is 0. The molecule has 0 N–H and O–H groups in total. The fourth-order valence-corrected chi connectivity index (χ4v) is 9.41. The van der Waals surface area contributed by atoms with Crippen LogP contribution in [0, 0.1) is 0 Å². The second-order valence-corrected chi connectivity index (χ2v) is 14.7. The Balaban J connectivity index is 1.11. The molecule has 2 heterocycles. The van der Waals surface area contributed by atoms with Crippen LogP contribution in [-0.4, -0.2) is 0 Å². The van der Waals surface area contributed by atoms with Crippen molar-refractivity contribution >= 4 is 92.1 Å². The third kappa shape index (κ3) is 4.71. The summed E-state index contributed by atoms with van der Waals surface area (Å²) in [5.41, 5.74) is 10.2. The highest BCUT2D eigenvalue weighted by Gasteiger charge is 2.20. The average Bonchev–Trinajstić information content (AvgIpc) is 3.79. The van der Waals surface area contributed by atoms with Gasteiger partial charge in [0.05, 0.1) is 0 Å². The van der Waals surface area contributed by atoms with Gasteiger partial charge in [0.15, 0.2) is 0 Å². The third-order valence-corrected chi connectivity index (χ3v) is 11.8. The molecule has 0 fully saturated rings. The van der Waals surface area contributed by atoms with Gasteiger partial charge in [-0.3, -0.25) is 0 Å². The molecular weight excluding hydrogens is 663 g/mol. The Bertz CT molecular complexity index is 3060. The van der Waals surface area contributed by atoms with E-state index in [0.717, 1.165) is 33.6 Å². The van der Waals surface area contributed by atoms with Gasteiger partial charge in [-0.15, -0.1) is 11.3 Å². The molecular formula is C50H31NOS. The first-order chi connectivity index (χ1) is 26.3. The third-order valence-electron chi connectivity index (χ3n) is 10.6. The van der Waals surface area contributed by atoms with Crippen LogP contribution in [0.5, 0.6) is 0 Å². The molecule has 53 heavy (non-hydrogen) atoms. The highest BCUT2D eigenvalue weighted by molar-refractivity contribution is 7.26. The molecule has 248 valence electrons. The van der Waals surface area contributed by atoms with E-state index in [1.165, 1.54) is 69.4 Å². The van der Waals surface area contributed by atoms with Crippen LogP contribution in [0.4, 0.5) is 17.1 Å². The molecule has 11 rings (SSSR count). The van der Waals surface area contributed by atoms with Crippen LogP contribution in [0.1, 0.15) is 0 Å². The van der Waals surface area contributed by atoms with Gasteiger partial charge in [0, 0.05) is 48.0 Å². The Morgan fingerprint density at radius 3 is 1.47 bits per heavy atom. The standard InChI is InChI=1S/C50H31NOS/c1-3-13-34(14-4-1)51(35-15-5-2-6-16-35)36-26-23-32(24-27-36)47-38-18-7-9-20-40(38)48(41-21-10-8-19-39(41)47)33-25-29-45-43(31-33)49-46(53-45)30-28-42-37-17-11-12-22-44(37)52-50(42)49/h1-31H. The normalized spacial score (nSPS) is 11.8. The van der Waals surface area contributed by atoms with Crippen LogP contribution in [0.3, 0.4) is 0 Å². The first-order valence-corrected chi connectivity index (χ1v) is 18.8. The molecule has 0 amide bonds. The summed E-state index contributed by atoms with van der Waals surface area (Å²) in [4.78, 5) is 2.31. The van der Waals surface area contributed by atoms with Crippen LogP contribution >= 0.6 is 11.3 Å². The Hall–Kier alpha value is -6.68. The van der Waals surface area contributed by atoms with E-state index in [0.29, 0.717) is 0 Å². The number of anilines is 3. The van der Waals surface area contributed by atoms with Crippen molar-refractivity contribution in [1.29, 1.82) is 0 Å². The van der Waals surface area contributed by atoms with E-state index >= 15 is 0 Å². The van der Waals surface area contributed by atoms with Gasteiger partial charge in [0.2, 0.25) is 0 Å². The summed E-state index contributed by atoms with van der Waals surface area (Å²) in [7, 11) is 0. The predicted molar refractivity (Wildman–Crippen MR) is 227 cm³/mol. The number of rotatable bonds is 5. The van der Waals surface area contributed by atoms with Crippen LogP contribution in [-0.2, 0) is 0 Å². The van der Waals surface area contributed by atoms with Crippen molar-refractivity contribution in [3.8, 4) is 22.3 Å². The molecule has 0 saturated carbocycles. The topological polar surface area (TPSA) is 16.4 Å². The van der Waals surface area contributed by atoms with Crippen molar-refractivity contribution in [2.75, 3.05) is 4.90 Å². The summed E-state index contributed by atoms with van der Waals surface area (Å²) in [5.74, 6) is 0. The molecule has 2 aromatic heterocycles. The molecule has 0 radical (unpaired) electrons. The van der Waals surface area contributed by atoms with Gasteiger partial charge in [-0.1, -0.05) is 121 Å². The van der Waals surface area contributed by atoms with Crippen molar-refractivity contribution in [3.63, 3.8) is 0 Å². The van der Waals surface area contributed by atoms with Gasteiger partial charge in [0.25, 0.3) is 0 Å². The second-order valence-electron chi connectivity index (χ2n) is 13.6. The molecule has 11 aromatic rings. The Morgan fingerprint density at radius 2 is 0.849 bits per heavy atom. The zero-order chi connectivity index (χ0) is 34.9. The lowest BCUT2D eigenvalue weighted by molar-refractivity contribution is 0.673. The van der Waals surface area contributed by atoms with Crippen molar-refractivity contribution in [2.45, 2.75) is 0 Å². The van der Waals surface area contributed by atoms with Crippen LogP contribution in [0.15, 0.2) is 192 Å². The molecule has 3 heteroatoms. The summed E-state index contributed by atoms with van der Waals surface area (Å²) in [6.07, 6.45) is 0. The first kappa shape index (κ1) is 30.0. The maximum atomic E-state index is 6.56. The number of furan rings is 1. The summed E-state index contributed by atoms with van der Waals surface area (Å²) in [5, 5.41) is 9.74. The van der Waals surface area contributed by atoms with E-state index in [-0.39, 0.29) is 0 Å². The number of para-hydroxylation sites is 3. The summed E-state index contributed by atoms with van der Waals surface area (Å²) >= 11 is 1.83. The van der Waals surface area contributed by atoms with E-state index in [1.807, 2.05) is 17.4 Å². The summed E-state index contributed by atoms with van der Waals surface area (Å²) in [6.45, 7) is 0. The first-order valence-electron chi connectivity index (χ1n) is 18.0. The van der Waals surface area contributed by atoms with Crippen LogP contribution in [0.25, 0.3) is 85.9 Å². The molecule has 0 aliphatic heterocycles. The van der Waals surface area contributed by atoms with Crippen molar-refractivity contribution in [1.82, 2.24) is 0 Å². The van der Waals surface area contributed by atoms with E-state index in [1.54, 1.807) is 0 Å². The fourth-order valence-electron chi connectivity index (χ4n) is 8.33. The highest BCUT2D eigenvalue weighted by atomic mass is 32.1. The van der Waals surface area contributed by atoms with E-state index in [9.17, 15) is 0 Å². The maximum absolute atomic E-state index is 6.56. The van der Waals surface area contributed by atoms with E-state index in [4.69, 9.17) is 4.42 Å². The van der Waals surface area contributed by atoms with Gasteiger partial charge in [-0.2, -0.15) is 0 Å². The maximum Gasteiger partial charge on any atom is 0.144 e. The number of thiophene rings is 1. The molecule has 9 aromatic carbocycles. The molecule has 0 bridgehead atoms. The van der Waals surface area contributed by atoms with Crippen LogP contribution in [0.2, 0.25) is 0 Å². The largest absolute Gasteiger partial charge is 0.455 e. The van der Waals surface area contributed by atoms with Gasteiger partial charge >= 0.3 is 0 Å². The number of hydrogen-bond donors (Lipinski definition) is 0. The minimum Gasteiger partial charge on any atom is -0.455 e. The summed E-state index contributed by atoms with van der Waals surface area (Å²) < 4.78 is 9.07. The summed E-state index contributed by atoms with van der Waals surface area (Å²) in [6, 6.07) is 67.9. The quantitative estimate of drug-likeness (QED) is 0.167. The van der Waals surface area contributed by atoms with Gasteiger partial charge in [0.1, 0.15) is 11.2 Å². The molecule has 0 aliphatic rings. The monoisotopic (exact) mass is 693 g/mol. The number of fused-ring (bicyclic) bond motifs is 9. The van der Waals surface area contributed by atoms with Gasteiger partial charge in [-0.05, 0) is 111 Å². The lowest BCUT2D eigenvalue weighted by atomic mass is 9.85. The average molecular weight is 694 g/mol. The lowest BCUT2D eigenvalue weighted by Crippen LogP contribution is -2.09. The molecule has 0 unspecified atom stereocenters. The van der Waals surface area contributed by atoms with Gasteiger partial charge in [-0.25, -0.2) is 0 Å². The lowest BCUT2D eigenvalue weighted by Gasteiger charge is -2.25. The highest BCUT2D eigenvalue weighted by Crippen LogP contribution is 2.47. The molecule has 0 aliphatic carbocycles. The number of benzene rings is 9. The smallest absolute Gasteiger partial charge is 0.144 e. The second kappa shape index (κ2) is 11.9. The van der Waals surface area contributed by atoms with Crippen LogP contribution < -0.4 is 4.90 Å². The van der Waals surface area contributed by atoms with Crippen molar-refractivity contribution in [2.24, 2.45) is 0 Å². The molecule has 0 atom stereocenters. The zero-order valence-corrected chi connectivity index (χ0v) is 29.5. The number of nitrogens with zero attached hydrogens (tertiary/aromatic N) is 1. The Morgan fingerprint density at radius 1 is 0.358 bits per heavy atom. The molecule has 2 nitrogen and oxygen atoms in total. The minimum atomic E-state index is 0.930. The van der Waals surface area contributed by atoms with Gasteiger partial charge < -0.3 is 9.32 Å². The number of hydrogen-bond acceptors (Lipinski definition) is 3. The predicted octanol–water partition coefficient (Wildman–Crippen LogP) is 15.1. The van der Waals surface area contributed by atoms with E-state index in [2.05, 4.69) is 187 Å². The minimum absolute atomic E-state index is 0.930.